The maximum absolute atomic E-state index is 12.9. The minimum atomic E-state index is -0.0779. The van der Waals surface area contributed by atoms with Crippen molar-refractivity contribution < 1.29 is 14.3 Å². The van der Waals surface area contributed by atoms with Crippen LogP contribution in [0.15, 0.2) is 18.2 Å². The molecule has 2 aliphatic heterocycles. The van der Waals surface area contributed by atoms with Gasteiger partial charge in [-0.3, -0.25) is 9.59 Å². The van der Waals surface area contributed by atoms with E-state index >= 15 is 0 Å². The van der Waals surface area contributed by atoms with Gasteiger partial charge in [-0.25, -0.2) is 0 Å². The Hall–Kier alpha value is -1.79. The normalized spacial score (nSPS) is 18.5. The van der Waals surface area contributed by atoms with Gasteiger partial charge in [0.1, 0.15) is 5.75 Å². The maximum atomic E-state index is 12.9. The number of amides is 2. The van der Waals surface area contributed by atoms with Gasteiger partial charge in [-0.2, -0.15) is 0 Å². The number of carbonyl (C=O) groups is 2. The summed E-state index contributed by atoms with van der Waals surface area (Å²) in [5, 5.41) is 6.15. The van der Waals surface area contributed by atoms with Crippen molar-refractivity contribution in [3.63, 3.8) is 0 Å². The van der Waals surface area contributed by atoms with Crippen LogP contribution in [0.25, 0.3) is 0 Å². The predicted molar refractivity (Wildman–Crippen MR) is 109 cm³/mol. The van der Waals surface area contributed by atoms with E-state index in [0.29, 0.717) is 22.9 Å². The number of benzene rings is 1. The van der Waals surface area contributed by atoms with Crippen molar-refractivity contribution in [2.75, 3.05) is 38.6 Å². The number of ether oxygens (including phenoxy) is 1. The second-order valence-corrected chi connectivity index (χ2v) is 7.32. The summed E-state index contributed by atoms with van der Waals surface area (Å²) in [6.45, 7) is 5.30. The number of anilines is 1. The average molecular weight is 396 g/mol. The third kappa shape index (κ3) is 5.14. The Morgan fingerprint density at radius 3 is 2.41 bits per heavy atom. The lowest BCUT2D eigenvalue weighted by atomic mass is 9.88. The number of nitrogens with zero attached hydrogens (tertiary/aromatic N) is 1. The van der Waals surface area contributed by atoms with E-state index in [1.807, 2.05) is 11.8 Å². The first-order valence-corrected chi connectivity index (χ1v) is 9.59. The van der Waals surface area contributed by atoms with Gasteiger partial charge in [0.2, 0.25) is 5.91 Å². The Balaban J connectivity index is 0.00000261. The monoisotopic (exact) mass is 395 g/mol. The van der Waals surface area contributed by atoms with E-state index in [-0.39, 0.29) is 30.1 Å². The van der Waals surface area contributed by atoms with Crippen LogP contribution in [0.3, 0.4) is 0 Å². The molecule has 150 valence electrons. The zero-order valence-electron chi connectivity index (χ0n) is 16.1. The van der Waals surface area contributed by atoms with Crippen molar-refractivity contribution in [1.82, 2.24) is 10.2 Å². The lowest BCUT2D eigenvalue weighted by molar-refractivity contribution is -0.121. The van der Waals surface area contributed by atoms with Gasteiger partial charge in [0.25, 0.3) is 5.91 Å². The van der Waals surface area contributed by atoms with Gasteiger partial charge >= 0.3 is 0 Å². The van der Waals surface area contributed by atoms with Gasteiger partial charge in [-0.15, -0.1) is 12.4 Å². The van der Waals surface area contributed by atoms with Crippen molar-refractivity contribution in [3.8, 4) is 5.75 Å². The summed E-state index contributed by atoms with van der Waals surface area (Å²) in [5.74, 6) is 0.856. The molecule has 1 aromatic carbocycles. The van der Waals surface area contributed by atoms with E-state index in [1.54, 1.807) is 25.3 Å². The summed E-state index contributed by atoms with van der Waals surface area (Å²) in [5.41, 5.74) is 1.17. The highest BCUT2D eigenvalue weighted by molar-refractivity contribution is 5.99. The fourth-order valence-corrected chi connectivity index (χ4v) is 3.52. The minimum Gasteiger partial charge on any atom is -0.495 e. The Morgan fingerprint density at radius 2 is 1.85 bits per heavy atom. The number of halogens is 1. The summed E-state index contributed by atoms with van der Waals surface area (Å²) >= 11 is 0. The van der Waals surface area contributed by atoms with Crippen LogP contribution in [-0.2, 0) is 4.79 Å². The maximum Gasteiger partial charge on any atom is 0.253 e. The molecule has 0 aliphatic carbocycles. The highest BCUT2D eigenvalue weighted by Gasteiger charge is 2.29. The SMILES string of the molecule is COc1ccc(C(=O)N2CCCCCC2)cc1NC(=O)C(C)C1CNC1.Cl. The molecule has 2 aliphatic rings. The molecule has 2 heterocycles. The molecule has 6 nitrogen and oxygen atoms in total. The van der Waals surface area contributed by atoms with Gasteiger partial charge in [0, 0.05) is 24.6 Å². The zero-order valence-corrected chi connectivity index (χ0v) is 16.9. The number of carbonyl (C=O) groups excluding carboxylic acids is 2. The largest absolute Gasteiger partial charge is 0.495 e. The molecule has 0 saturated carbocycles. The number of nitrogens with one attached hydrogen (secondary N) is 2. The Bertz CT molecular complexity index is 656. The third-order valence-corrected chi connectivity index (χ3v) is 5.53. The fourth-order valence-electron chi connectivity index (χ4n) is 3.52. The van der Waals surface area contributed by atoms with Crippen molar-refractivity contribution in [3.05, 3.63) is 23.8 Å². The molecule has 1 aromatic rings. The van der Waals surface area contributed by atoms with Crippen LogP contribution in [0.2, 0.25) is 0 Å². The molecule has 1 unspecified atom stereocenters. The van der Waals surface area contributed by atoms with Gasteiger partial charge in [0.05, 0.1) is 12.8 Å². The van der Waals surface area contributed by atoms with E-state index in [4.69, 9.17) is 4.74 Å². The molecule has 1 atom stereocenters. The zero-order chi connectivity index (χ0) is 18.5. The predicted octanol–water partition coefficient (Wildman–Crippen LogP) is 2.93. The molecule has 2 amide bonds. The average Bonchev–Trinajstić information content (AvgIpc) is 2.88. The molecule has 7 heteroatoms. The molecule has 2 saturated heterocycles. The standard InChI is InChI=1S/C20H29N3O3.ClH/c1-14(16-12-21-13-16)19(24)22-17-11-15(7-8-18(17)26-2)20(25)23-9-5-3-4-6-10-23;/h7-8,11,14,16,21H,3-6,9-10,12-13H2,1-2H3,(H,22,24);1H. The second-order valence-electron chi connectivity index (χ2n) is 7.32. The number of rotatable bonds is 5. The van der Waals surface area contributed by atoms with Gasteiger partial charge in [0.15, 0.2) is 0 Å². The Kier molecular flexibility index (Phi) is 7.92. The topological polar surface area (TPSA) is 70.7 Å². The van der Waals surface area contributed by atoms with Gasteiger partial charge < -0.3 is 20.3 Å². The van der Waals surface area contributed by atoms with Crippen LogP contribution in [0.5, 0.6) is 5.75 Å². The Morgan fingerprint density at radius 1 is 1.19 bits per heavy atom. The number of methoxy groups -OCH3 is 1. The van der Waals surface area contributed by atoms with E-state index in [1.165, 1.54) is 12.8 Å². The molecule has 0 aromatic heterocycles. The smallest absolute Gasteiger partial charge is 0.253 e. The van der Waals surface area contributed by atoms with Crippen LogP contribution in [0, 0.1) is 11.8 Å². The Labute approximate surface area is 167 Å². The summed E-state index contributed by atoms with van der Waals surface area (Å²) < 4.78 is 5.38. The highest BCUT2D eigenvalue weighted by atomic mass is 35.5. The highest BCUT2D eigenvalue weighted by Crippen LogP contribution is 2.28. The van der Waals surface area contributed by atoms with Crippen LogP contribution >= 0.6 is 12.4 Å². The van der Waals surface area contributed by atoms with Crippen molar-refractivity contribution in [1.29, 1.82) is 0 Å². The van der Waals surface area contributed by atoms with Gasteiger partial charge in [-0.1, -0.05) is 19.8 Å². The molecule has 0 spiro atoms. The van der Waals surface area contributed by atoms with E-state index in [0.717, 1.165) is 39.0 Å². The first-order valence-electron chi connectivity index (χ1n) is 9.59. The van der Waals surface area contributed by atoms with Crippen LogP contribution in [0.4, 0.5) is 5.69 Å². The first-order chi connectivity index (χ1) is 12.6. The quantitative estimate of drug-likeness (QED) is 0.804. The molecule has 27 heavy (non-hydrogen) atoms. The summed E-state index contributed by atoms with van der Waals surface area (Å²) in [7, 11) is 1.57. The van der Waals surface area contributed by atoms with Gasteiger partial charge in [-0.05, 0) is 50.0 Å². The number of likely N-dealkylation sites (tertiary alicyclic amines) is 1. The summed E-state index contributed by atoms with van der Waals surface area (Å²) in [6.07, 6.45) is 4.47. The second kappa shape index (κ2) is 9.95. The minimum absolute atomic E-state index is 0. The molecule has 0 bridgehead atoms. The molecule has 2 N–H and O–H groups in total. The van der Waals surface area contributed by atoms with Crippen LogP contribution in [0.1, 0.15) is 43.0 Å². The lowest BCUT2D eigenvalue weighted by Gasteiger charge is -2.31. The van der Waals surface area contributed by atoms with Crippen molar-refractivity contribution in [2.45, 2.75) is 32.6 Å². The first kappa shape index (κ1) is 21.5. The van der Waals surface area contributed by atoms with E-state index < -0.39 is 0 Å². The van der Waals surface area contributed by atoms with Crippen LogP contribution < -0.4 is 15.4 Å². The van der Waals surface area contributed by atoms with Crippen LogP contribution in [-0.4, -0.2) is 50.0 Å². The van der Waals surface area contributed by atoms with E-state index in [2.05, 4.69) is 10.6 Å². The molecular weight excluding hydrogens is 366 g/mol. The fraction of sp³-hybridized carbons (Fsp3) is 0.600. The van der Waals surface area contributed by atoms with Crippen molar-refractivity contribution >= 4 is 29.9 Å². The molecule has 0 radical (unpaired) electrons. The number of hydrogen-bond acceptors (Lipinski definition) is 4. The number of hydrogen-bond donors (Lipinski definition) is 2. The van der Waals surface area contributed by atoms with E-state index in [9.17, 15) is 9.59 Å². The molecule has 2 fully saturated rings. The third-order valence-electron chi connectivity index (χ3n) is 5.53. The molecular formula is C20H30ClN3O3. The molecule has 3 rings (SSSR count). The van der Waals surface area contributed by atoms with Crippen molar-refractivity contribution in [2.24, 2.45) is 11.8 Å². The summed E-state index contributed by atoms with van der Waals surface area (Å²) in [4.78, 5) is 27.3. The lowest BCUT2D eigenvalue weighted by Crippen LogP contribution is -2.48. The summed E-state index contributed by atoms with van der Waals surface area (Å²) in [6, 6.07) is 5.28.